The van der Waals surface area contributed by atoms with E-state index in [0.29, 0.717) is 42.1 Å². The van der Waals surface area contributed by atoms with Crippen LogP contribution >= 0.6 is 0 Å². The van der Waals surface area contributed by atoms with Gasteiger partial charge in [0.2, 0.25) is 16.0 Å². The summed E-state index contributed by atoms with van der Waals surface area (Å²) >= 11 is 0. The van der Waals surface area contributed by atoms with Gasteiger partial charge in [0.05, 0.1) is 16.3 Å². The Hall–Kier alpha value is -3.31. The normalized spacial score (nSPS) is 16.4. The molecule has 1 saturated heterocycles. The fourth-order valence-corrected chi connectivity index (χ4v) is 6.02. The Bertz CT molecular complexity index is 1400. The molecule has 10 nitrogen and oxygen atoms in total. The molecular formula is C23H26N6O4S. The van der Waals surface area contributed by atoms with E-state index in [4.69, 9.17) is 0 Å². The standard InChI is InChI=1S/C23H26N6O4S/c1-15-14-20(29(27-15)23-24-19-7-5-6-18(19)22(31)26-23)25-21(30)16-8-10-17(11-9-16)34(32,33)28-12-3-2-4-13-28/h8-11,14H,2-7,12-13H2,1H3,(H,25,30)(H,24,26,31). The summed E-state index contributed by atoms with van der Waals surface area (Å²) in [7, 11) is -3.57. The van der Waals surface area contributed by atoms with Gasteiger partial charge in [0.25, 0.3) is 11.5 Å². The Morgan fingerprint density at radius 2 is 1.79 bits per heavy atom. The van der Waals surface area contributed by atoms with Crippen LogP contribution in [0.25, 0.3) is 5.95 Å². The van der Waals surface area contributed by atoms with Gasteiger partial charge in [0.15, 0.2) is 0 Å². The number of aromatic amines is 1. The number of hydrogen-bond donors (Lipinski definition) is 2. The van der Waals surface area contributed by atoms with Crippen LogP contribution in [0.3, 0.4) is 0 Å². The first-order valence-electron chi connectivity index (χ1n) is 11.4. The molecule has 0 bridgehead atoms. The molecule has 1 fully saturated rings. The van der Waals surface area contributed by atoms with Crippen LogP contribution in [0.1, 0.15) is 53.0 Å². The lowest BCUT2D eigenvalue weighted by atomic mass is 10.2. The van der Waals surface area contributed by atoms with E-state index in [1.165, 1.54) is 33.3 Å². The number of rotatable bonds is 5. The van der Waals surface area contributed by atoms with Crippen LogP contribution in [-0.2, 0) is 22.9 Å². The Morgan fingerprint density at radius 3 is 2.53 bits per heavy atom. The Labute approximate surface area is 197 Å². The SMILES string of the molecule is Cc1cc(NC(=O)c2ccc(S(=O)(=O)N3CCCCC3)cc2)n(-c2nc3c(c(=O)[nH]2)CCC3)n1. The first kappa shape index (κ1) is 22.5. The number of benzene rings is 1. The van der Waals surface area contributed by atoms with Gasteiger partial charge in [-0.15, -0.1) is 0 Å². The van der Waals surface area contributed by atoms with Crippen LogP contribution in [-0.4, -0.2) is 51.5 Å². The number of hydrogen-bond acceptors (Lipinski definition) is 6. The summed E-state index contributed by atoms with van der Waals surface area (Å²) in [6.07, 6.45) is 5.09. The van der Waals surface area contributed by atoms with E-state index in [-0.39, 0.29) is 16.4 Å². The van der Waals surface area contributed by atoms with Gasteiger partial charge in [0.1, 0.15) is 5.82 Å². The maximum atomic E-state index is 12.9. The van der Waals surface area contributed by atoms with Crippen molar-refractivity contribution in [2.75, 3.05) is 18.4 Å². The quantitative estimate of drug-likeness (QED) is 0.573. The van der Waals surface area contributed by atoms with Crippen molar-refractivity contribution in [3.63, 3.8) is 0 Å². The van der Waals surface area contributed by atoms with E-state index in [2.05, 4.69) is 20.4 Å². The summed E-state index contributed by atoms with van der Waals surface area (Å²) in [5, 5.41) is 7.17. The number of sulfonamides is 1. The molecule has 2 aromatic heterocycles. The monoisotopic (exact) mass is 482 g/mol. The number of aryl methyl sites for hydroxylation is 2. The Morgan fingerprint density at radius 1 is 1.06 bits per heavy atom. The number of piperidine rings is 1. The molecule has 0 saturated carbocycles. The first-order chi connectivity index (χ1) is 16.3. The Balaban J connectivity index is 1.38. The topological polar surface area (TPSA) is 130 Å². The minimum atomic E-state index is -3.57. The maximum absolute atomic E-state index is 12.9. The van der Waals surface area contributed by atoms with Gasteiger partial charge in [-0.1, -0.05) is 6.42 Å². The minimum absolute atomic E-state index is 0.173. The molecule has 2 aliphatic rings. The molecule has 0 spiro atoms. The summed E-state index contributed by atoms with van der Waals surface area (Å²) in [6, 6.07) is 7.59. The largest absolute Gasteiger partial charge is 0.306 e. The van der Waals surface area contributed by atoms with Crippen LogP contribution in [0.5, 0.6) is 0 Å². The first-order valence-corrected chi connectivity index (χ1v) is 12.9. The highest BCUT2D eigenvalue weighted by molar-refractivity contribution is 7.89. The second-order valence-corrected chi connectivity index (χ2v) is 10.6. The summed E-state index contributed by atoms with van der Waals surface area (Å²) in [4.78, 5) is 32.8. The van der Waals surface area contributed by atoms with Crippen molar-refractivity contribution in [3.05, 3.63) is 63.2 Å². The number of carbonyl (C=O) groups is 1. The van der Waals surface area contributed by atoms with E-state index in [1.807, 2.05) is 0 Å². The number of carbonyl (C=O) groups excluding carboxylic acids is 1. The highest BCUT2D eigenvalue weighted by Crippen LogP contribution is 2.22. The highest BCUT2D eigenvalue weighted by atomic mass is 32.2. The molecule has 1 aliphatic carbocycles. The van der Waals surface area contributed by atoms with Gasteiger partial charge in [-0.05, 0) is 63.3 Å². The molecule has 3 heterocycles. The van der Waals surface area contributed by atoms with Crippen LogP contribution in [0.15, 0.2) is 40.0 Å². The van der Waals surface area contributed by atoms with Crippen molar-refractivity contribution in [2.24, 2.45) is 0 Å². The smallest absolute Gasteiger partial charge is 0.256 e. The molecule has 3 aromatic rings. The lowest BCUT2D eigenvalue weighted by Crippen LogP contribution is -2.35. The lowest BCUT2D eigenvalue weighted by Gasteiger charge is -2.25. The molecule has 1 aromatic carbocycles. The number of anilines is 1. The summed E-state index contributed by atoms with van der Waals surface area (Å²) in [5.74, 6) is 0.178. The van der Waals surface area contributed by atoms with Gasteiger partial charge in [-0.3, -0.25) is 14.6 Å². The molecule has 0 atom stereocenters. The molecule has 178 valence electrons. The average Bonchev–Trinajstić information content (AvgIpc) is 3.46. The molecule has 34 heavy (non-hydrogen) atoms. The maximum Gasteiger partial charge on any atom is 0.256 e. The summed E-state index contributed by atoms with van der Waals surface area (Å²) < 4.78 is 28.6. The van der Waals surface area contributed by atoms with Crippen molar-refractivity contribution < 1.29 is 13.2 Å². The molecule has 1 aliphatic heterocycles. The molecule has 0 radical (unpaired) electrons. The number of nitrogens with one attached hydrogen (secondary N) is 2. The zero-order valence-electron chi connectivity index (χ0n) is 18.9. The van der Waals surface area contributed by atoms with Crippen molar-refractivity contribution in [1.29, 1.82) is 0 Å². The third-order valence-electron chi connectivity index (χ3n) is 6.27. The minimum Gasteiger partial charge on any atom is -0.306 e. The molecule has 2 N–H and O–H groups in total. The van der Waals surface area contributed by atoms with E-state index < -0.39 is 15.9 Å². The van der Waals surface area contributed by atoms with Crippen molar-refractivity contribution in [1.82, 2.24) is 24.1 Å². The number of nitrogens with zero attached hydrogens (tertiary/aromatic N) is 4. The molecule has 0 unspecified atom stereocenters. The van der Waals surface area contributed by atoms with Gasteiger partial charge in [0, 0.05) is 30.3 Å². The van der Waals surface area contributed by atoms with Crippen LogP contribution in [0.4, 0.5) is 5.82 Å². The zero-order valence-corrected chi connectivity index (χ0v) is 19.7. The van der Waals surface area contributed by atoms with E-state index in [0.717, 1.165) is 37.8 Å². The second-order valence-electron chi connectivity index (χ2n) is 8.69. The molecule has 5 rings (SSSR count). The Kier molecular flexibility index (Phi) is 5.82. The number of aromatic nitrogens is 4. The lowest BCUT2D eigenvalue weighted by molar-refractivity contribution is 0.102. The third-order valence-corrected chi connectivity index (χ3v) is 8.18. The van der Waals surface area contributed by atoms with E-state index in [9.17, 15) is 18.0 Å². The fourth-order valence-electron chi connectivity index (χ4n) is 4.50. The second kappa shape index (κ2) is 8.80. The number of fused-ring (bicyclic) bond motifs is 1. The van der Waals surface area contributed by atoms with Crippen LogP contribution < -0.4 is 10.9 Å². The average molecular weight is 483 g/mol. The van der Waals surface area contributed by atoms with Gasteiger partial charge >= 0.3 is 0 Å². The highest BCUT2D eigenvalue weighted by Gasteiger charge is 2.26. The third kappa shape index (κ3) is 4.16. The van der Waals surface area contributed by atoms with Gasteiger partial charge in [-0.25, -0.2) is 13.4 Å². The van der Waals surface area contributed by atoms with Crippen LogP contribution in [0.2, 0.25) is 0 Å². The molecule has 11 heteroatoms. The van der Waals surface area contributed by atoms with Gasteiger partial charge in [-0.2, -0.15) is 14.1 Å². The summed E-state index contributed by atoms with van der Waals surface area (Å²) in [5.41, 5.74) is 2.22. The van der Waals surface area contributed by atoms with Crippen LogP contribution in [0, 0.1) is 6.92 Å². The van der Waals surface area contributed by atoms with Crippen molar-refractivity contribution in [2.45, 2.75) is 50.3 Å². The van der Waals surface area contributed by atoms with Crippen molar-refractivity contribution in [3.8, 4) is 5.95 Å². The number of amides is 1. The number of H-pyrrole nitrogens is 1. The fraction of sp³-hybridized carbons (Fsp3) is 0.391. The molecule has 1 amide bonds. The molecular weight excluding hydrogens is 456 g/mol. The zero-order chi connectivity index (χ0) is 23.9. The van der Waals surface area contributed by atoms with E-state index in [1.54, 1.807) is 13.0 Å². The van der Waals surface area contributed by atoms with Crippen molar-refractivity contribution >= 4 is 21.7 Å². The van der Waals surface area contributed by atoms with E-state index >= 15 is 0 Å². The van der Waals surface area contributed by atoms with Gasteiger partial charge < -0.3 is 5.32 Å². The predicted octanol–water partition coefficient (Wildman–Crippen LogP) is 2.18. The summed E-state index contributed by atoms with van der Waals surface area (Å²) in [6.45, 7) is 2.82. The predicted molar refractivity (Wildman–Crippen MR) is 126 cm³/mol.